The zero-order valence-electron chi connectivity index (χ0n) is 14.0. The van der Waals surface area contributed by atoms with Crippen molar-refractivity contribution in [3.05, 3.63) is 24.0 Å². The summed E-state index contributed by atoms with van der Waals surface area (Å²) < 4.78 is 0. The molecule has 1 aliphatic carbocycles. The molecule has 0 bridgehead atoms. The molecule has 1 N–H and O–H groups in total. The fourth-order valence-corrected chi connectivity index (χ4v) is 2.48. The highest BCUT2D eigenvalue weighted by molar-refractivity contribution is 5.52. The van der Waals surface area contributed by atoms with Crippen molar-refractivity contribution in [3.63, 3.8) is 0 Å². The van der Waals surface area contributed by atoms with Crippen molar-refractivity contribution in [2.75, 3.05) is 38.6 Å². The second-order valence-electron chi connectivity index (χ2n) is 6.80. The van der Waals surface area contributed by atoms with Crippen molar-refractivity contribution >= 4 is 5.69 Å². The van der Waals surface area contributed by atoms with E-state index >= 15 is 0 Å². The number of hydrogen-bond acceptors (Lipinski definition) is 4. The molecule has 0 aliphatic heterocycles. The van der Waals surface area contributed by atoms with Gasteiger partial charge in [-0.15, -0.1) is 0 Å². The van der Waals surface area contributed by atoms with Crippen molar-refractivity contribution in [3.8, 4) is 0 Å². The minimum atomic E-state index is 0.657. The van der Waals surface area contributed by atoms with Crippen LogP contribution in [0, 0.1) is 5.92 Å². The number of nitrogens with zero attached hydrogens (tertiary/aromatic N) is 3. The second-order valence-corrected chi connectivity index (χ2v) is 6.80. The molecule has 1 aromatic heterocycles. The summed E-state index contributed by atoms with van der Waals surface area (Å²) in [4.78, 5) is 9.08. The fraction of sp³-hybridized carbons (Fsp3) is 0.706. The fourth-order valence-electron chi connectivity index (χ4n) is 2.48. The Morgan fingerprint density at radius 2 is 2.05 bits per heavy atom. The Bertz CT molecular complexity index is 427. The molecule has 1 aliphatic rings. The van der Waals surface area contributed by atoms with Gasteiger partial charge < -0.3 is 15.1 Å². The zero-order valence-corrected chi connectivity index (χ0v) is 14.0. The first kappa shape index (κ1) is 16.2. The molecular weight excluding hydrogens is 260 g/mol. The maximum atomic E-state index is 4.32. The molecule has 0 aromatic carbocycles. The summed E-state index contributed by atoms with van der Waals surface area (Å²) in [6, 6.07) is 2.90. The summed E-state index contributed by atoms with van der Waals surface area (Å²) in [6.45, 7) is 8.73. The van der Waals surface area contributed by atoms with E-state index in [2.05, 4.69) is 54.1 Å². The van der Waals surface area contributed by atoms with Crippen molar-refractivity contribution < 1.29 is 0 Å². The van der Waals surface area contributed by atoms with E-state index in [0.717, 1.165) is 32.2 Å². The molecule has 2 rings (SSSR count). The van der Waals surface area contributed by atoms with E-state index in [0.29, 0.717) is 5.92 Å². The van der Waals surface area contributed by atoms with Gasteiger partial charge in [-0.3, -0.25) is 4.98 Å². The molecule has 0 amide bonds. The third-order valence-corrected chi connectivity index (χ3v) is 3.78. The lowest BCUT2D eigenvalue weighted by Crippen LogP contribution is -2.35. The maximum absolute atomic E-state index is 4.32. The van der Waals surface area contributed by atoms with Gasteiger partial charge in [-0.1, -0.05) is 13.8 Å². The lowest BCUT2D eigenvalue weighted by molar-refractivity contribution is 0.408. The third-order valence-electron chi connectivity index (χ3n) is 3.78. The average molecular weight is 290 g/mol. The van der Waals surface area contributed by atoms with Gasteiger partial charge in [0.05, 0.1) is 0 Å². The molecule has 1 aromatic rings. The molecule has 118 valence electrons. The zero-order chi connectivity index (χ0) is 15.2. The predicted octanol–water partition coefficient (Wildman–Crippen LogP) is 2.36. The molecule has 0 spiro atoms. The van der Waals surface area contributed by atoms with Gasteiger partial charge in [0.1, 0.15) is 0 Å². The topological polar surface area (TPSA) is 31.4 Å². The lowest BCUT2D eigenvalue weighted by atomic mass is 10.1. The molecule has 1 heterocycles. The van der Waals surface area contributed by atoms with Gasteiger partial charge in [-0.2, -0.15) is 0 Å². The Morgan fingerprint density at radius 1 is 1.29 bits per heavy atom. The third kappa shape index (κ3) is 5.64. The van der Waals surface area contributed by atoms with Crippen LogP contribution in [0.4, 0.5) is 5.69 Å². The number of hydrogen-bond donors (Lipinski definition) is 1. The van der Waals surface area contributed by atoms with E-state index in [-0.39, 0.29) is 0 Å². The quantitative estimate of drug-likeness (QED) is 0.756. The summed E-state index contributed by atoms with van der Waals surface area (Å²) in [7, 11) is 4.27. The van der Waals surface area contributed by atoms with E-state index in [4.69, 9.17) is 0 Å². The van der Waals surface area contributed by atoms with E-state index in [1.165, 1.54) is 24.1 Å². The molecule has 4 heteroatoms. The molecule has 0 unspecified atom stereocenters. The van der Waals surface area contributed by atoms with Crippen LogP contribution in [0.25, 0.3) is 0 Å². The van der Waals surface area contributed by atoms with E-state index in [9.17, 15) is 0 Å². The largest absolute Gasteiger partial charge is 0.370 e. The minimum Gasteiger partial charge on any atom is -0.370 e. The first-order chi connectivity index (χ1) is 10.1. The van der Waals surface area contributed by atoms with Gasteiger partial charge in [0.25, 0.3) is 0 Å². The highest BCUT2D eigenvalue weighted by atomic mass is 15.2. The number of aromatic nitrogens is 1. The van der Waals surface area contributed by atoms with Crippen molar-refractivity contribution in [2.45, 2.75) is 39.3 Å². The van der Waals surface area contributed by atoms with Crippen LogP contribution >= 0.6 is 0 Å². The number of pyridine rings is 1. The number of rotatable bonds is 9. The lowest BCUT2D eigenvalue weighted by Gasteiger charge is -2.30. The van der Waals surface area contributed by atoms with Gasteiger partial charge in [0.15, 0.2) is 0 Å². The van der Waals surface area contributed by atoms with Crippen molar-refractivity contribution in [2.24, 2.45) is 5.92 Å². The minimum absolute atomic E-state index is 0.657. The highest BCUT2D eigenvalue weighted by Crippen LogP contribution is 2.23. The van der Waals surface area contributed by atoms with Gasteiger partial charge in [0.2, 0.25) is 0 Å². The summed E-state index contributed by atoms with van der Waals surface area (Å²) in [6.07, 6.45) is 6.59. The van der Waals surface area contributed by atoms with Crippen LogP contribution in [-0.2, 0) is 6.54 Å². The Hall–Kier alpha value is -1.13. The van der Waals surface area contributed by atoms with Crippen molar-refractivity contribution in [1.82, 2.24) is 15.2 Å². The summed E-state index contributed by atoms with van der Waals surface area (Å²) in [5, 5.41) is 3.61. The normalized spacial score (nSPS) is 15.0. The van der Waals surface area contributed by atoms with Crippen LogP contribution in [0.5, 0.6) is 0 Å². The van der Waals surface area contributed by atoms with E-state index < -0.39 is 0 Å². The summed E-state index contributed by atoms with van der Waals surface area (Å²) >= 11 is 0. The standard InChI is InChI=1S/C17H30N4/c1-14(2)13-21(10-9-20(3)4)17-7-8-18-11-15(17)12-19-16-5-6-16/h7-8,11,14,16,19H,5-6,9-10,12-13H2,1-4H3. The molecule has 1 fully saturated rings. The van der Waals surface area contributed by atoms with Gasteiger partial charge in [0, 0.05) is 55.9 Å². The first-order valence-corrected chi connectivity index (χ1v) is 8.12. The molecule has 1 saturated carbocycles. The van der Waals surface area contributed by atoms with E-state index in [1.54, 1.807) is 0 Å². The number of likely N-dealkylation sites (N-methyl/N-ethyl adjacent to an activating group) is 1. The van der Waals surface area contributed by atoms with Gasteiger partial charge in [-0.25, -0.2) is 0 Å². The van der Waals surface area contributed by atoms with Crippen LogP contribution < -0.4 is 10.2 Å². The Kier molecular flexibility index (Phi) is 6.00. The van der Waals surface area contributed by atoms with Crippen LogP contribution in [0.1, 0.15) is 32.3 Å². The predicted molar refractivity (Wildman–Crippen MR) is 89.7 cm³/mol. The summed E-state index contributed by atoms with van der Waals surface area (Å²) in [5.74, 6) is 0.657. The monoisotopic (exact) mass is 290 g/mol. The maximum Gasteiger partial charge on any atom is 0.0443 e. The molecule has 21 heavy (non-hydrogen) atoms. The molecule has 0 radical (unpaired) electrons. The van der Waals surface area contributed by atoms with Crippen LogP contribution in [0.3, 0.4) is 0 Å². The Labute approximate surface area is 129 Å². The van der Waals surface area contributed by atoms with Crippen molar-refractivity contribution in [1.29, 1.82) is 0 Å². The molecule has 0 saturated heterocycles. The smallest absolute Gasteiger partial charge is 0.0443 e. The molecular formula is C17H30N4. The molecule has 0 atom stereocenters. The first-order valence-electron chi connectivity index (χ1n) is 8.12. The molecule has 4 nitrogen and oxygen atoms in total. The highest BCUT2D eigenvalue weighted by Gasteiger charge is 2.21. The Balaban J connectivity index is 2.08. The number of nitrogens with one attached hydrogen (secondary N) is 1. The van der Waals surface area contributed by atoms with Crippen LogP contribution in [-0.4, -0.2) is 49.7 Å². The van der Waals surface area contributed by atoms with Gasteiger partial charge >= 0.3 is 0 Å². The Morgan fingerprint density at radius 3 is 2.67 bits per heavy atom. The second kappa shape index (κ2) is 7.76. The SMILES string of the molecule is CC(C)CN(CCN(C)C)c1ccncc1CNC1CC1. The van der Waals surface area contributed by atoms with Gasteiger partial charge in [-0.05, 0) is 38.9 Å². The summed E-state index contributed by atoms with van der Waals surface area (Å²) in [5.41, 5.74) is 2.66. The van der Waals surface area contributed by atoms with Crippen LogP contribution in [0.15, 0.2) is 18.5 Å². The van der Waals surface area contributed by atoms with Crippen LogP contribution in [0.2, 0.25) is 0 Å². The van der Waals surface area contributed by atoms with E-state index in [1.807, 2.05) is 12.4 Å². The number of anilines is 1. The average Bonchev–Trinajstić information content (AvgIpc) is 3.25.